The van der Waals surface area contributed by atoms with Gasteiger partial charge in [-0.25, -0.2) is 4.39 Å². The molecule has 0 bridgehead atoms. The number of methoxy groups -OCH3 is 1. The zero-order chi connectivity index (χ0) is 21.1. The molecule has 0 radical (unpaired) electrons. The predicted octanol–water partition coefficient (Wildman–Crippen LogP) is 5.47. The molecule has 29 heavy (non-hydrogen) atoms. The van der Waals surface area contributed by atoms with Gasteiger partial charge in [0.15, 0.2) is 0 Å². The van der Waals surface area contributed by atoms with Crippen molar-refractivity contribution in [2.24, 2.45) is 0 Å². The van der Waals surface area contributed by atoms with E-state index in [1.165, 1.54) is 12.1 Å². The van der Waals surface area contributed by atoms with Crippen LogP contribution in [0.4, 0.5) is 4.39 Å². The molecule has 0 aromatic heterocycles. The van der Waals surface area contributed by atoms with E-state index < -0.39 is 18.2 Å². The number of hydrogen-bond donors (Lipinski definition) is 1. The highest BCUT2D eigenvalue weighted by atomic mass is 79.9. The van der Waals surface area contributed by atoms with Gasteiger partial charge in [0.25, 0.3) is 0 Å². The minimum absolute atomic E-state index is 0.0223. The highest BCUT2D eigenvalue weighted by Crippen LogP contribution is 2.43. The van der Waals surface area contributed by atoms with Gasteiger partial charge in [-0.3, -0.25) is 4.79 Å². The van der Waals surface area contributed by atoms with E-state index in [0.717, 1.165) is 26.7 Å². The van der Waals surface area contributed by atoms with Crippen LogP contribution in [0.5, 0.6) is 5.75 Å². The van der Waals surface area contributed by atoms with Gasteiger partial charge in [0, 0.05) is 12.0 Å². The quantitative estimate of drug-likeness (QED) is 0.598. The third kappa shape index (κ3) is 4.87. The fourth-order valence-electron chi connectivity index (χ4n) is 3.56. The van der Waals surface area contributed by atoms with E-state index in [4.69, 9.17) is 9.47 Å². The summed E-state index contributed by atoms with van der Waals surface area (Å²) in [5.74, 6) is 0.124. The molecular formula is C23H24BrFO4. The Kier molecular flexibility index (Phi) is 6.75. The van der Waals surface area contributed by atoms with Crippen molar-refractivity contribution < 1.29 is 23.8 Å². The number of carbonyl (C=O) groups excluding carboxylic acids is 1. The topological polar surface area (TPSA) is 55.8 Å². The highest BCUT2D eigenvalue weighted by Gasteiger charge is 2.26. The Morgan fingerprint density at radius 2 is 2.00 bits per heavy atom. The number of cyclic esters (lactones) is 1. The Balaban J connectivity index is 2.16. The molecule has 1 N–H and O–H groups in total. The zero-order valence-corrected chi connectivity index (χ0v) is 18.2. The normalized spacial score (nSPS) is 19.6. The molecule has 0 aliphatic carbocycles. The van der Waals surface area contributed by atoms with Gasteiger partial charge in [-0.2, -0.15) is 0 Å². The first-order valence-electron chi connectivity index (χ1n) is 9.52. The number of carbonyl (C=O) groups is 1. The maximum atomic E-state index is 13.5. The molecule has 3 rings (SSSR count). The Morgan fingerprint density at radius 1 is 1.31 bits per heavy atom. The fourth-order valence-corrected chi connectivity index (χ4v) is 4.16. The van der Waals surface area contributed by atoms with Crippen molar-refractivity contribution >= 4 is 28.0 Å². The first-order valence-corrected chi connectivity index (χ1v) is 10.3. The van der Waals surface area contributed by atoms with Gasteiger partial charge >= 0.3 is 5.97 Å². The Bertz CT molecular complexity index is 921. The number of rotatable bonds is 5. The van der Waals surface area contributed by atoms with Gasteiger partial charge in [-0.05, 0) is 62.8 Å². The van der Waals surface area contributed by atoms with E-state index in [0.29, 0.717) is 12.2 Å². The lowest BCUT2D eigenvalue weighted by Crippen LogP contribution is -2.31. The Hall–Kier alpha value is -2.18. The summed E-state index contributed by atoms with van der Waals surface area (Å²) in [4.78, 5) is 11.7. The van der Waals surface area contributed by atoms with Crippen LogP contribution in [-0.4, -0.2) is 30.4 Å². The monoisotopic (exact) mass is 462 g/mol. The lowest BCUT2D eigenvalue weighted by atomic mass is 9.88. The second-order valence-corrected chi connectivity index (χ2v) is 8.27. The summed E-state index contributed by atoms with van der Waals surface area (Å²) in [7, 11) is 1.59. The van der Waals surface area contributed by atoms with Crippen molar-refractivity contribution in [3.8, 4) is 16.9 Å². The summed E-state index contributed by atoms with van der Waals surface area (Å²) < 4.78 is 25.3. The van der Waals surface area contributed by atoms with Crippen LogP contribution in [0.25, 0.3) is 17.2 Å². The molecule has 0 unspecified atom stereocenters. The number of aliphatic hydroxyl groups is 1. The van der Waals surface area contributed by atoms with E-state index in [-0.39, 0.29) is 18.2 Å². The van der Waals surface area contributed by atoms with Crippen LogP contribution in [0.1, 0.15) is 43.7 Å². The minimum Gasteiger partial charge on any atom is -0.495 e. The molecule has 1 aliphatic heterocycles. The van der Waals surface area contributed by atoms with E-state index >= 15 is 0 Å². The van der Waals surface area contributed by atoms with Crippen LogP contribution in [0.15, 0.2) is 40.9 Å². The summed E-state index contributed by atoms with van der Waals surface area (Å²) in [5, 5.41) is 9.87. The zero-order valence-electron chi connectivity index (χ0n) is 16.6. The second kappa shape index (κ2) is 9.09. The summed E-state index contributed by atoms with van der Waals surface area (Å²) in [6.07, 6.45) is 2.88. The number of halogens is 2. The van der Waals surface area contributed by atoms with Crippen molar-refractivity contribution in [1.29, 1.82) is 0 Å². The summed E-state index contributed by atoms with van der Waals surface area (Å²) in [6, 6.07) is 8.27. The average Bonchev–Trinajstić information content (AvgIpc) is 2.66. The van der Waals surface area contributed by atoms with Crippen LogP contribution >= 0.6 is 15.9 Å². The van der Waals surface area contributed by atoms with Gasteiger partial charge < -0.3 is 14.6 Å². The van der Waals surface area contributed by atoms with Crippen molar-refractivity contribution in [2.75, 3.05) is 7.11 Å². The number of hydrogen-bond acceptors (Lipinski definition) is 4. The minimum atomic E-state index is -0.702. The molecule has 1 saturated heterocycles. The molecule has 0 spiro atoms. The van der Waals surface area contributed by atoms with Crippen LogP contribution in [-0.2, 0) is 9.53 Å². The third-order valence-corrected chi connectivity index (χ3v) is 5.52. The number of esters is 1. The van der Waals surface area contributed by atoms with Crippen molar-refractivity contribution in [2.45, 2.75) is 44.8 Å². The van der Waals surface area contributed by atoms with Gasteiger partial charge in [-0.1, -0.05) is 32.1 Å². The summed E-state index contributed by atoms with van der Waals surface area (Å²) >= 11 is 3.59. The predicted molar refractivity (Wildman–Crippen MR) is 114 cm³/mol. The standard InChI is InChI=1S/C23H24BrFO4/c1-13(2)19-12-20(24)23(28-3)22(14-4-6-15(25)7-5-14)18(19)9-8-17-10-16(26)11-21(27)29-17/h4-9,12-13,16-17,26H,10-11H2,1-3H3/t16-,17-/m1/s1. The molecule has 2 aromatic rings. The van der Waals surface area contributed by atoms with Crippen molar-refractivity contribution in [3.05, 3.63) is 57.8 Å². The maximum Gasteiger partial charge on any atom is 0.309 e. The van der Waals surface area contributed by atoms with E-state index in [1.54, 1.807) is 25.3 Å². The number of benzene rings is 2. The first-order chi connectivity index (χ1) is 13.8. The SMILES string of the molecule is COc1c(Br)cc(C(C)C)c(C=C[C@@H]2C[C@@H](O)CC(=O)O2)c1-c1ccc(F)cc1. The van der Waals surface area contributed by atoms with Crippen molar-refractivity contribution in [3.63, 3.8) is 0 Å². The van der Waals surface area contributed by atoms with Crippen LogP contribution < -0.4 is 4.74 Å². The van der Waals surface area contributed by atoms with E-state index in [1.807, 2.05) is 12.1 Å². The highest BCUT2D eigenvalue weighted by molar-refractivity contribution is 9.10. The van der Waals surface area contributed by atoms with E-state index in [2.05, 4.69) is 29.8 Å². The Morgan fingerprint density at radius 3 is 2.59 bits per heavy atom. The van der Waals surface area contributed by atoms with Gasteiger partial charge in [0.05, 0.1) is 24.1 Å². The lowest BCUT2D eigenvalue weighted by molar-refractivity contribution is -0.156. The van der Waals surface area contributed by atoms with Crippen LogP contribution in [0.2, 0.25) is 0 Å². The molecule has 6 heteroatoms. The van der Waals surface area contributed by atoms with Gasteiger partial charge in [-0.15, -0.1) is 0 Å². The van der Waals surface area contributed by atoms with Gasteiger partial charge in [0.2, 0.25) is 0 Å². The average molecular weight is 463 g/mol. The molecule has 0 amide bonds. The lowest BCUT2D eigenvalue weighted by Gasteiger charge is -2.24. The largest absolute Gasteiger partial charge is 0.495 e. The molecule has 154 valence electrons. The second-order valence-electron chi connectivity index (χ2n) is 7.41. The third-order valence-electron chi connectivity index (χ3n) is 4.93. The number of aliphatic hydroxyl groups excluding tert-OH is 1. The molecule has 4 nitrogen and oxygen atoms in total. The molecule has 0 saturated carbocycles. The summed E-state index contributed by atoms with van der Waals surface area (Å²) in [5.41, 5.74) is 3.61. The van der Waals surface area contributed by atoms with Crippen LogP contribution in [0.3, 0.4) is 0 Å². The fraction of sp³-hybridized carbons (Fsp3) is 0.348. The molecular weight excluding hydrogens is 439 g/mol. The van der Waals surface area contributed by atoms with Gasteiger partial charge in [0.1, 0.15) is 17.7 Å². The molecule has 2 atom stereocenters. The Labute approximate surface area is 178 Å². The first kappa shape index (κ1) is 21.5. The summed E-state index contributed by atoms with van der Waals surface area (Å²) in [6.45, 7) is 4.18. The molecule has 2 aromatic carbocycles. The molecule has 1 heterocycles. The smallest absolute Gasteiger partial charge is 0.309 e. The van der Waals surface area contributed by atoms with Crippen LogP contribution in [0, 0.1) is 5.82 Å². The molecule has 1 aliphatic rings. The number of ether oxygens (including phenoxy) is 2. The molecule has 1 fully saturated rings. The van der Waals surface area contributed by atoms with E-state index in [9.17, 15) is 14.3 Å². The van der Waals surface area contributed by atoms with Crippen molar-refractivity contribution in [1.82, 2.24) is 0 Å². The maximum absolute atomic E-state index is 13.5.